The lowest BCUT2D eigenvalue weighted by molar-refractivity contribution is 0.275. The first-order chi connectivity index (χ1) is 6.74. The van der Waals surface area contributed by atoms with Crippen LogP contribution in [-0.4, -0.2) is 5.11 Å². The normalized spacial score (nSPS) is 13.3. The third kappa shape index (κ3) is 1.83. The average Bonchev–Trinajstić information content (AvgIpc) is 2.19. The molecule has 0 aliphatic heterocycles. The fraction of sp³-hybridized carbons (Fsp3) is 0.182. The third-order valence-corrected chi connectivity index (χ3v) is 1.86. The van der Waals surface area contributed by atoms with Crippen LogP contribution >= 0.6 is 0 Å². The predicted molar refractivity (Wildman–Crippen MR) is 55.0 cm³/mol. The second-order valence-corrected chi connectivity index (χ2v) is 2.72. The van der Waals surface area contributed by atoms with Crippen molar-refractivity contribution < 1.29 is 9.52 Å². The molecule has 0 saturated carbocycles. The highest BCUT2D eigenvalue weighted by molar-refractivity contribution is 5.34. The largest absolute Gasteiger partial charge is 0.464 e. The Morgan fingerprint density at radius 2 is 2.36 bits per heavy atom. The van der Waals surface area contributed by atoms with Crippen molar-refractivity contribution in [2.24, 2.45) is 0 Å². The Kier molecular flexibility index (Phi) is 3.42. The number of aliphatic hydroxyl groups is 1. The first-order valence-corrected chi connectivity index (χ1v) is 4.25. The third-order valence-electron chi connectivity index (χ3n) is 1.86. The van der Waals surface area contributed by atoms with Crippen molar-refractivity contribution >= 4 is 12.2 Å². The summed E-state index contributed by atoms with van der Waals surface area (Å²) >= 11 is 0. The first-order valence-electron chi connectivity index (χ1n) is 4.25. The van der Waals surface area contributed by atoms with Crippen LogP contribution in [0.4, 0.5) is 0 Å². The molecule has 0 saturated heterocycles. The number of allylic oxidation sites excluding steroid dienone is 1. The van der Waals surface area contributed by atoms with E-state index in [-0.39, 0.29) is 17.6 Å². The Balaban J connectivity index is 3.71. The minimum atomic E-state index is -0.308. The Morgan fingerprint density at radius 3 is 2.86 bits per heavy atom. The average molecular weight is 192 g/mol. The van der Waals surface area contributed by atoms with Crippen LogP contribution in [0.15, 0.2) is 28.1 Å². The summed E-state index contributed by atoms with van der Waals surface area (Å²) in [7, 11) is 0. The van der Waals surface area contributed by atoms with E-state index in [4.69, 9.17) is 9.52 Å². The Morgan fingerprint density at radius 1 is 1.64 bits per heavy atom. The van der Waals surface area contributed by atoms with Gasteiger partial charge in [-0.2, -0.15) is 0 Å². The highest BCUT2D eigenvalue weighted by Crippen LogP contribution is 1.83. The molecule has 0 aliphatic carbocycles. The van der Waals surface area contributed by atoms with Crippen molar-refractivity contribution in [2.45, 2.75) is 13.5 Å². The van der Waals surface area contributed by atoms with Crippen molar-refractivity contribution in [1.82, 2.24) is 0 Å². The molecule has 14 heavy (non-hydrogen) atoms. The molecule has 1 heterocycles. The van der Waals surface area contributed by atoms with Gasteiger partial charge in [-0.3, -0.25) is 4.79 Å². The SMILES string of the molecule is C=C/C=c1/occ(CO)c(=O)/c1=C/C. The van der Waals surface area contributed by atoms with Crippen LogP contribution in [0.5, 0.6) is 0 Å². The summed E-state index contributed by atoms with van der Waals surface area (Å²) in [5.41, 5.74) is 0.526. The molecule has 0 aromatic carbocycles. The van der Waals surface area contributed by atoms with Crippen molar-refractivity contribution in [1.29, 1.82) is 0 Å². The summed E-state index contributed by atoms with van der Waals surface area (Å²) in [4.78, 5) is 11.6. The van der Waals surface area contributed by atoms with Crippen LogP contribution < -0.4 is 16.1 Å². The van der Waals surface area contributed by atoms with E-state index in [1.54, 1.807) is 25.2 Å². The van der Waals surface area contributed by atoms with Gasteiger partial charge >= 0.3 is 0 Å². The van der Waals surface area contributed by atoms with Crippen molar-refractivity contribution in [3.63, 3.8) is 0 Å². The Labute approximate surface area is 81.3 Å². The molecule has 1 N–H and O–H groups in total. The topological polar surface area (TPSA) is 50.4 Å². The minimum Gasteiger partial charge on any atom is -0.464 e. The quantitative estimate of drug-likeness (QED) is 0.711. The van der Waals surface area contributed by atoms with E-state index in [0.717, 1.165) is 0 Å². The molecule has 0 atom stereocenters. The number of aliphatic hydroxyl groups excluding tert-OH is 1. The van der Waals surface area contributed by atoms with Crippen LogP contribution in [0.25, 0.3) is 12.2 Å². The van der Waals surface area contributed by atoms with Gasteiger partial charge in [0.2, 0.25) is 0 Å². The van der Waals surface area contributed by atoms with Gasteiger partial charge in [0.25, 0.3) is 0 Å². The summed E-state index contributed by atoms with van der Waals surface area (Å²) in [6.45, 7) is 4.96. The lowest BCUT2D eigenvalue weighted by Gasteiger charge is -1.94. The van der Waals surface area contributed by atoms with Gasteiger partial charge in [-0.1, -0.05) is 18.7 Å². The number of hydrogen-bond donors (Lipinski definition) is 1. The smallest absolute Gasteiger partial charge is 0.197 e. The zero-order valence-electron chi connectivity index (χ0n) is 7.99. The van der Waals surface area contributed by atoms with Gasteiger partial charge in [0.15, 0.2) is 5.43 Å². The van der Waals surface area contributed by atoms with Gasteiger partial charge in [-0.25, -0.2) is 0 Å². The monoisotopic (exact) mass is 192 g/mol. The van der Waals surface area contributed by atoms with Crippen LogP contribution in [0.2, 0.25) is 0 Å². The molecular weight excluding hydrogens is 180 g/mol. The summed E-state index contributed by atoms with van der Waals surface area (Å²) in [5.74, 6) is 0. The molecule has 3 heteroatoms. The van der Waals surface area contributed by atoms with Crippen LogP contribution in [0.1, 0.15) is 12.5 Å². The summed E-state index contributed by atoms with van der Waals surface area (Å²) < 4.78 is 5.17. The van der Waals surface area contributed by atoms with E-state index >= 15 is 0 Å². The molecule has 3 nitrogen and oxygen atoms in total. The standard InChI is InChI=1S/C11H12O3/c1-3-5-10-9(4-2)11(13)8(6-12)7-14-10/h3-5,7,12H,1,6H2,2H3/b9-4+,10-5+. The van der Waals surface area contributed by atoms with E-state index in [1.165, 1.54) is 6.26 Å². The highest BCUT2D eigenvalue weighted by Gasteiger charge is 2.00. The molecular formula is C11H12O3. The molecule has 1 aromatic rings. The van der Waals surface area contributed by atoms with E-state index < -0.39 is 0 Å². The van der Waals surface area contributed by atoms with Crippen LogP contribution in [0.3, 0.4) is 0 Å². The molecule has 0 radical (unpaired) electrons. The lowest BCUT2D eigenvalue weighted by Crippen LogP contribution is -2.40. The van der Waals surface area contributed by atoms with E-state index in [0.29, 0.717) is 10.6 Å². The van der Waals surface area contributed by atoms with E-state index in [2.05, 4.69) is 6.58 Å². The van der Waals surface area contributed by atoms with Crippen molar-refractivity contribution in [3.8, 4) is 0 Å². The summed E-state index contributed by atoms with van der Waals surface area (Å²) in [6, 6.07) is 0. The van der Waals surface area contributed by atoms with Gasteiger partial charge in [0.05, 0.1) is 17.4 Å². The predicted octanol–water partition coefficient (Wildman–Crippen LogP) is -0.101. The zero-order chi connectivity index (χ0) is 10.6. The van der Waals surface area contributed by atoms with E-state index in [1.807, 2.05) is 0 Å². The molecule has 0 spiro atoms. The first kappa shape index (κ1) is 10.5. The molecule has 1 aromatic heterocycles. The fourth-order valence-electron chi connectivity index (χ4n) is 1.16. The maximum absolute atomic E-state index is 11.6. The van der Waals surface area contributed by atoms with Crippen molar-refractivity contribution in [3.05, 3.63) is 45.3 Å². The van der Waals surface area contributed by atoms with Gasteiger partial charge < -0.3 is 9.52 Å². The Hall–Kier alpha value is -1.61. The van der Waals surface area contributed by atoms with Crippen LogP contribution in [0, 0.1) is 0 Å². The van der Waals surface area contributed by atoms with Crippen molar-refractivity contribution in [2.75, 3.05) is 0 Å². The molecule has 0 amide bonds. The molecule has 1 rings (SSSR count). The lowest BCUT2D eigenvalue weighted by atomic mass is 10.2. The molecule has 0 aliphatic rings. The van der Waals surface area contributed by atoms with E-state index in [9.17, 15) is 4.79 Å². The second kappa shape index (κ2) is 4.58. The summed E-state index contributed by atoms with van der Waals surface area (Å²) in [6.07, 6.45) is 6.08. The minimum absolute atomic E-state index is 0.200. The molecule has 0 unspecified atom stereocenters. The fourth-order valence-corrected chi connectivity index (χ4v) is 1.16. The second-order valence-electron chi connectivity index (χ2n) is 2.72. The molecule has 0 bridgehead atoms. The Bertz CT molecular complexity index is 494. The number of hydrogen-bond acceptors (Lipinski definition) is 3. The van der Waals surface area contributed by atoms with Gasteiger partial charge in [-0.15, -0.1) is 0 Å². The maximum Gasteiger partial charge on any atom is 0.197 e. The number of rotatable bonds is 2. The highest BCUT2D eigenvalue weighted by atomic mass is 16.3. The maximum atomic E-state index is 11.6. The summed E-state index contributed by atoms with van der Waals surface area (Å²) in [5, 5.41) is 9.31. The molecule has 0 fully saturated rings. The van der Waals surface area contributed by atoms with Gasteiger partial charge in [0.1, 0.15) is 11.7 Å². The van der Waals surface area contributed by atoms with Crippen LogP contribution in [-0.2, 0) is 6.61 Å². The zero-order valence-corrected chi connectivity index (χ0v) is 7.99. The molecule has 74 valence electrons. The van der Waals surface area contributed by atoms with Gasteiger partial charge in [-0.05, 0) is 13.0 Å². The van der Waals surface area contributed by atoms with Gasteiger partial charge in [0, 0.05) is 0 Å².